The molecule has 0 bridgehead atoms. The van der Waals surface area contributed by atoms with Crippen molar-refractivity contribution in [3.8, 4) is 11.5 Å². The highest BCUT2D eigenvalue weighted by atomic mass is 79.9. The summed E-state index contributed by atoms with van der Waals surface area (Å²) in [6.45, 7) is 0. The lowest BCUT2D eigenvalue weighted by Gasteiger charge is -2.12. The van der Waals surface area contributed by atoms with Gasteiger partial charge in [0.25, 0.3) is 0 Å². The van der Waals surface area contributed by atoms with Gasteiger partial charge in [0.15, 0.2) is 11.5 Å². The standard InChI is InChI=1S/C18H18BrNO5/c1-23-15-8-12(14(19)10-16(15)24-2)9-17(21)20-13-6-4-11(5-7-13)18(22)25-3/h4-8,10H,9H2,1-3H3,(H,20,21). The lowest BCUT2D eigenvalue weighted by Crippen LogP contribution is -2.15. The average Bonchev–Trinajstić information content (AvgIpc) is 2.62. The second-order valence-corrected chi connectivity index (χ2v) is 5.95. The van der Waals surface area contributed by atoms with Crippen LogP contribution < -0.4 is 14.8 Å². The van der Waals surface area contributed by atoms with E-state index in [2.05, 4.69) is 26.0 Å². The number of methoxy groups -OCH3 is 3. The van der Waals surface area contributed by atoms with Crippen molar-refractivity contribution in [2.45, 2.75) is 6.42 Å². The second kappa shape index (κ2) is 8.53. The molecule has 6 nitrogen and oxygen atoms in total. The predicted octanol–water partition coefficient (Wildman–Crippen LogP) is 3.43. The van der Waals surface area contributed by atoms with E-state index in [0.717, 1.165) is 10.0 Å². The molecule has 2 aromatic rings. The van der Waals surface area contributed by atoms with Gasteiger partial charge in [0.2, 0.25) is 5.91 Å². The van der Waals surface area contributed by atoms with Crippen LogP contribution in [0.15, 0.2) is 40.9 Å². The number of carbonyl (C=O) groups excluding carboxylic acids is 2. The first-order valence-corrected chi connectivity index (χ1v) is 8.16. The minimum absolute atomic E-state index is 0.152. The fourth-order valence-corrected chi connectivity index (χ4v) is 2.68. The molecule has 0 aliphatic carbocycles. The summed E-state index contributed by atoms with van der Waals surface area (Å²) < 4.78 is 15.9. The summed E-state index contributed by atoms with van der Waals surface area (Å²) in [6.07, 6.45) is 0.152. The van der Waals surface area contributed by atoms with E-state index in [-0.39, 0.29) is 12.3 Å². The molecule has 0 aliphatic rings. The van der Waals surface area contributed by atoms with Gasteiger partial charge in [0.1, 0.15) is 0 Å². The molecule has 7 heteroatoms. The number of carbonyl (C=O) groups is 2. The molecule has 0 spiro atoms. The molecule has 132 valence electrons. The van der Waals surface area contributed by atoms with Crippen LogP contribution in [0.25, 0.3) is 0 Å². The Labute approximate surface area is 154 Å². The number of benzene rings is 2. The highest BCUT2D eigenvalue weighted by Gasteiger charge is 2.13. The molecule has 0 saturated heterocycles. The first-order chi connectivity index (χ1) is 12.0. The van der Waals surface area contributed by atoms with E-state index in [9.17, 15) is 9.59 Å². The molecular weight excluding hydrogens is 390 g/mol. The van der Waals surface area contributed by atoms with Crippen molar-refractivity contribution < 1.29 is 23.8 Å². The third kappa shape index (κ3) is 4.73. The molecule has 25 heavy (non-hydrogen) atoms. The van der Waals surface area contributed by atoms with E-state index in [0.29, 0.717) is 22.7 Å². The van der Waals surface area contributed by atoms with Gasteiger partial charge >= 0.3 is 5.97 Å². The molecule has 0 heterocycles. The lowest BCUT2D eigenvalue weighted by molar-refractivity contribution is -0.115. The van der Waals surface area contributed by atoms with Crippen LogP contribution in [0.5, 0.6) is 11.5 Å². The highest BCUT2D eigenvalue weighted by Crippen LogP contribution is 2.33. The third-order valence-electron chi connectivity index (χ3n) is 3.49. The van der Waals surface area contributed by atoms with E-state index >= 15 is 0 Å². The Hall–Kier alpha value is -2.54. The van der Waals surface area contributed by atoms with Gasteiger partial charge < -0.3 is 19.5 Å². The molecule has 0 atom stereocenters. The van der Waals surface area contributed by atoms with E-state index in [4.69, 9.17) is 9.47 Å². The molecule has 0 aromatic heterocycles. The number of hydrogen-bond donors (Lipinski definition) is 1. The average molecular weight is 408 g/mol. The fourth-order valence-electron chi connectivity index (χ4n) is 2.22. The molecule has 0 radical (unpaired) electrons. The minimum atomic E-state index is -0.424. The van der Waals surface area contributed by atoms with Gasteiger partial charge in [-0.2, -0.15) is 0 Å². The summed E-state index contributed by atoms with van der Waals surface area (Å²) >= 11 is 3.43. The normalized spacial score (nSPS) is 10.1. The Kier molecular flexibility index (Phi) is 6.41. The number of ether oxygens (including phenoxy) is 3. The Morgan fingerprint density at radius 3 is 2.16 bits per heavy atom. The Morgan fingerprint density at radius 1 is 1.00 bits per heavy atom. The van der Waals surface area contributed by atoms with Gasteiger partial charge in [-0.05, 0) is 42.0 Å². The van der Waals surface area contributed by atoms with Gasteiger partial charge in [0, 0.05) is 10.2 Å². The molecule has 0 fully saturated rings. The number of amides is 1. The van der Waals surface area contributed by atoms with Crippen molar-refractivity contribution in [1.82, 2.24) is 0 Å². The second-order valence-electron chi connectivity index (χ2n) is 5.09. The number of rotatable bonds is 6. The zero-order chi connectivity index (χ0) is 18.4. The van der Waals surface area contributed by atoms with Gasteiger partial charge in [-0.1, -0.05) is 15.9 Å². The Morgan fingerprint density at radius 2 is 1.60 bits per heavy atom. The SMILES string of the molecule is COC(=O)c1ccc(NC(=O)Cc2cc(OC)c(OC)cc2Br)cc1. The number of anilines is 1. The van der Waals surface area contributed by atoms with Gasteiger partial charge in [0.05, 0.1) is 33.3 Å². The first kappa shape index (κ1) is 18.8. The van der Waals surface area contributed by atoms with Crippen LogP contribution in [0, 0.1) is 0 Å². The molecular formula is C18H18BrNO5. The van der Waals surface area contributed by atoms with E-state index < -0.39 is 5.97 Å². The number of nitrogens with one attached hydrogen (secondary N) is 1. The highest BCUT2D eigenvalue weighted by molar-refractivity contribution is 9.10. The van der Waals surface area contributed by atoms with Gasteiger partial charge in [-0.25, -0.2) is 4.79 Å². The van der Waals surface area contributed by atoms with Crippen molar-refractivity contribution in [2.24, 2.45) is 0 Å². The van der Waals surface area contributed by atoms with Crippen molar-refractivity contribution >= 4 is 33.5 Å². The van der Waals surface area contributed by atoms with Crippen LogP contribution in [0.4, 0.5) is 5.69 Å². The molecule has 0 aliphatic heterocycles. The van der Waals surface area contributed by atoms with Crippen LogP contribution in [-0.4, -0.2) is 33.2 Å². The molecule has 1 amide bonds. The summed E-state index contributed by atoms with van der Waals surface area (Å²) in [5, 5.41) is 2.78. The molecule has 2 aromatic carbocycles. The van der Waals surface area contributed by atoms with E-state index in [1.807, 2.05) is 0 Å². The van der Waals surface area contributed by atoms with Crippen LogP contribution in [0.2, 0.25) is 0 Å². The zero-order valence-electron chi connectivity index (χ0n) is 14.1. The summed E-state index contributed by atoms with van der Waals surface area (Å²) in [5.74, 6) is 0.513. The zero-order valence-corrected chi connectivity index (χ0v) is 15.7. The van der Waals surface area contributed by atoms with Crippen LogP contribution >= 0.6 is 15.9 Å². The topological polar surface area (TPSA) is 73.9 Å². The van der Waals surface area contributed by atoms with E-state index in [1.54, 1.807) is 50.6 Å². The summed E-state index contributed by atoms with van der Waals surface area (Å²) in [5.41, 5.74) is 1.78. The predicted molar refractivity (Wildman–Crippen MR) is 97.4 cm³/mol. The number of halogens is 1. The van der Waals surface area contributed by atoms with Crippen LogP contribution in [0.1, 0.15) is 15.9 Å². The largest absolute Gasteiger partial charge is 0.493 e. The van der Waals surface area contributed by atoms with Crippen molar-refractivity contribution in [1.29, 1.82) is 0 Å². The quantitative estimate of drug-likeness (QED) is 0.742. The maximum Gasteiger partial charge on any atom is 0.337 e. The Balaban J connectivity index is 2.08. The van der Waals surface area contributed by atoms with Crippen molar-refractivity contribution in [2.75, 3.05) is 26.6 Å². The van der Waals surface area contributed by atoms with Gasteiger partial charge in [-0.15, -0.1) is 0 Å². The fraction of sp³-hybridized carbons (Fsp3) is 0.222. The molecule has 0 unspecified atom stereocenters. The summed E-state index contributed by atoms with van der Waals surface area (Å²) in [7, 11) is 4.41. The number of hydrogen-bond acceptors (Lipinski definition) is 5. The summed E-state index contributed by atoms with van der Waals surface area (Å²) in [4.78, 5) is 23.7. The molecule has 1 N–H and O–H groups in total. The third-order valence-corrected chi connectivity index (χ3v) is 4.23. The summed E-state index contributed by atoms with van der Waals surface area (Å²) in [6, 6.07) is 9.98. The Bertz CT molecular complexity index is 774. The van der Waals surface area contributed by atoms with Crippen molar-refractivity contribution in [3.63, 3.8) is 0 Å². The lowest BCUT2D eigenvalue weighted by atomic mass is 10.1. The van der Waals surface area contributed by atoms with Crippen LogP contribution in [0.3, 0.4) is 0 Å². The minimum Gasteiger partial charge on any atom is -0.493 e. The smallest absolute Gasteiger partial charge is 0.337 e. The maximum absolute atomic E-state index is 12.3. The number of esters is 1. The maximum atomic E-state index is 12.3. The van der Waals surface area contributed by atoms with Gasteiger partial charge in [-0.3, -0.25) is 4.79 Å². The first-order valence-electron chi connectivity index (χ1n) is 7.37. The molecule has 0 saturated carbocycles. The van der Waals surface area contributed by atoms with Crippen LogP contribution in [-0.2, 0) is 16.0 Å². The molecule has 2 rings (SSSR count). The monoisotopic (exact) mass is 407 g/mol. The van der Waals surface area contributed by atoms with E-state index in [1.165, 1.54) is 7.11 Å². The van der Waals surface area contributed by atoms with Crippen molar-refractivity contribution in [3.05, 3.63) is 52.0 Å².